The molecule has 1 heterocycles. The molecule has 144 valence electrons. The Morgan fingerprint density at radius 1 is 1.07 bits per heavy atom. The Morgan fingerprint density at radius 3 is 2.61 bits per heavy atom. The monoisotopic (exact) mass is 380 g/mol. The number of nitrogens with one attached hydrogen (secondary N) is 2. The Kier molecular flexibility index (Phi) is 6.51. The van der Waals surface area contributed by atoms with E-state index in [0.29, 0.717) is 36.0 Å². The molecule has 28 heavy (non-hydrogen) atoms. The maximum absolute atomic E-state index is 12.9. The van der Waals surface area contributed by atoms with Gasteiger partial charge in [0.05, 0.1) is 17.9 Å². The molecular formula is C21H21FN4O2. The van der Waals surface area contributed by atoms with Gasteiger partial charge in [-0.3, -0.25) is 0 Å². The Bertz CT molecular complexity index is 932. The highest BCUT2D eigenvalue weighted by molar-refractivity contribution is 5.96. The highest BCUT2D eigenvalue weighted by Gasteiger charge is 2.12. The zero-order chi connectivity index (χ0) is 19.8. The van der Waals surface area contributed by atoms with Crippen LogP contribution in [-0.4, -0.2) is 29.1 Å². The van der Waals surface area contributed by atoms with Gasteiger partial charge in [0.15, 0.2) is 0 Å². The van der Waals surface area contributed by atoms with Gasteiger partial charge in [-0.15, -0.1) is 0 Å². The van der Waals surface area contributed by atoms with Crippen LogP contribution in [0.25, 0.3) is 0 Å². The lowest BCUT2D eigenvalue weighted by atomic mass is 10.1. The number of para-hydroxylation sites is 1. The molecule has 2 N–H and O–H groups in total. The summed E-state index contributed by atoms with van der Waals surface area (Å²) in [5.41, 5.74) is 2.08. The number of aromatic nitrogens is 2. The van der Waals surface area contributed by atoms with Gasteiger partial charge in [-0.05, 0) is 43.2 Å². The normalized spacial score (nSPS) is 10.4. The molecule has 6 nitrogen and oxygen atoms in total. The van der Waals surface area contributed by atoms with Gasteiger partial charge in [0.25, 0.3) is 0 Å². The number of carbonyl (C=O) groups is 1. The predicted octanol–water partition coefficient (Wildman–Crippen LogP) is 4.19. The number of rotatable bonds is 8. The van der Waals surface area contributed by atoms with Gasteiger partial charge in [-0.25, -0.2) is 19.2 Å². The average molecular weight is 380 g/mol. The van der Waals surface area contributed by atoms with E-state index in [1.807, 2.05) is 6.07 Å². The lowest BCUT2D eigenvalue weighted by molar-refractivity contribution is 0.0527. The SMILES string of the molecule is CCOC(=O)c1ccccc1Nc1cc(NCCc2ccc(F)cc2)ncn1. The molecule has 0 aliphatic carbocycles. The van der Waals surface area contributed by atoms with Gasteiger partial charge in [-0.1, -0.05) is 24.3 Å². The van der Waals surface area contributed by atoms with Gasteiger partial charge in [0, 0.05) is 12.6 Å². The minimum Gasteiger partial charge on any atom is -0.462 e. The Hall–Kier alpha value is -3.48. The van der Waals surface area contributed by atoms with Crippen LogP contribution < -0.4 is 10.6 Å². The number of carbonyl (C=O) groups excluding carboxylic acids is 1. The van der Waals surface area contributed by atoms with Crippen LogP contribution in [0.5, 0.6) is 0 Å². The number of halogens is 1. The fourth-order valence-electron chi connectivity index (χ4n) is 2.63. The number of nitrogens with zero attached hydrogens (tertiary/aromatic N) is 2. The fourth-order valence-corrected chi connectivity index (χ4v) is 2.63. The van der Waals surface area contributed by atoms with Crippen LogP contribution in [-0.2, 0) is 11.2 Å². The Morgan fingerprint density at radius 2 is 1.82 bits per heavy atom. The summed E-state index contributed by atoms with van der Waals surface area (Å²) >= 11 is 0. The molecule has 0 spiro atoms. The molecular weight excluding hydrogens is 359 g/mol. The Labute approximate surface area is 162 Å². The van der Waals surface area contributed by atoms with Crippen molar-refractivity contribution in [3.63, 3.8) is 0 Å². The number of anilines is 3. The molecule has 0 saturated carbocycles. The summed E-state index contributed by atoms with van der Waals surface area (Å²) in [6.45, 7) is 2.71. The fraction of sp³-hybridized carbons (Fsp3) is 0.190. The maximum atomic E-state index is 12.9. The van der Waals surface area contributed by atoms with E-state index in [1.54, 1.807) is 43.3 Å². The Balaban J connectivity index is 1.64. The standard InChI is InChI=1S/C21H21FN4O2/c1-2-28-21(27)17-5-3-4-6-18(17)26-20-13-19(24-14-25-20)23-12-11-15-7-9-16(22)10-8-15/h3-10,13-14H,2,11-12H2,1H3,(H2,23,24,25,26). The van der Waals surface area contributed by atoms with Gasteiger partial charge in [0.1, 0.15) is 23.8 Å². The number of hydrogen-bond donors (Lipinski definition) is 2. The molecule has 0 atom stereocenters. The van der Waals surface area contributed by atoms with E-state index < -0.39 is 5.97 Å². The number of benzene rings is 2. The maximum Gasteiger partial charge on any atom is 0.340 e. The average Bonchev–Trinajstić information content (AvgIpc) is 2.70. The van der Waals surface area contributed by atoms with Crippen LogP contribution in [0, 0.1) is 5.82 Å². The van der Waals surface area contributed by atoms with E-state index in [9.17, 15) is 9.18 Å². The van der Waals surface area contributed by atoms with Gasteiger partial charge >= 0.3 is 5.97 Å². The molecule has 3 rings (SSSR count). The summed E-state index contributed by atoms with van der Waals surface area (Å²) in [4.78, 5) is 20.5. The van der Waals surface area contributed by atoms with Crippen molar-refractivity contribution in [1.29, 1.82) is 0 Å². The third kappa shape index (κ3) is 5.26. The minimum absolute atomic E-state index is 0.244. The van der Waals surface area contributed by atoms with Crippen LogP contribution in [0.4, 0.5) is 21.7 Å². The van der Waals surface area contributed by atoms with Crippen LogP contribution in [0.1, 0.15) is 22.8 Å². The smallest absolute Gasteiger partial charge is 0.340 e. The summed E-state index contributed by atoms with van der Waals surface area (Å²) in [5, 5.41) is 6.35. The molecule has 0 aliphatic rings. The minimum atomic E-state index is -0.391. The molecule has 7 heteroatoms. The zero-order valence-electron chi connectivity index (χ0n) is 15.5. The molecule has 0 fully saturated rings. The molecule has 1 aromatic heterocycles. The van der Waals surface area contributed by atoms with Crippen LogP contribution in [0.3, 0.4) is 0 Å². The van der Waals surface area contributed by atoms with Crippen molar-refractivity contribution in [2.24, 2.45) is 0 Å². The third-order valence-corrected chi connectivity index (χ3v) is 3.99. The summed E-state index contributed by atoms with van der Waals surface area (Å²) in [6.07, 6.45) is 2.17. The van der Waals surface area contributed by atoms with Crippen LogP contribution in [0.15, 0.2) is 60.9 Å². The summed E-state index contributed by atoms with van der Waals surface area (Å²) in [5.74, 6) is 0.563. The van der Waals surface area contributed by atoms with Gasteiger partial charge < -0.3 is 15.4 Å². The van der Waals surface area contributed by atoms with E-state index in [-0.39, 0.29) is 5.82 Å². The van der Waals surface area contributed by atoms with E-state index >= 15 is 0 Å². The highest BCUT2D eigenvalue weighted by atomic mass is 19.1. The lowest BCUT2D eigenvalue weighted by Gasteiger charge is -2.12. The van der Waals surface area contributed by atoms with Crippen LogP contribution in [0.2, 0.25) is 0 Å². The van der Waals surface area contributed by atoms with Crippen molar-refractivity contribution >= 4 is 23.3 Å². The summed E-state index contributed by atoms with van der Waals surface area (Å²) in [6, 6.07) is 15.3. The van der Waals surface area contributed by atoms with E-state index in [1.165, 1.54) is 18.5 Å². The number of ether oxygens (including phenoxy) is 1. The van der Waals surface area contributed by atoms with Crippen LogP contribution >= 0.6 is 0 Å². The lowest BCUT2D eigenvalue weighted by Crippen LogP contribution is -2.09. The molecule has 0 aliphatic heterocycles. The quantitative estimate of drug-likeness (QED) is 0.571. The summed E-state index contributed by atoms with van der Waals surface area (Å²) in [7, 11) is 0. The topological polar surface area (TPSA) is 76.1 Å². The summed E-state index contributed by atoms with van der Waals surface area (Å²) < 4.78 is 18.0. The molecule has 0 saturated heterocycles. The highest BCUT2D eigenvalue weighted by Crippen LogP contribution is 2.21. The van der Waals surface area contributed by atoms with E-state index in [0.717, 1.165) is 12.0 Å². The van der Waals surface area contributed by atoms with Crippen molar-refractivity contribution in [2.75, 3.05) is 23.8 Å². The van der Waals surface area contributed by atoms with Gasteiger partial charge in [0.2, 0.25) is 0 Å². The number of esters is 1. The molecule has 2 aromatic carbocycles. The molecule has 0 bridgehead atoms. The molecule has 3 aromatic rings. The first-order chi connectivity index (χ1) is 13.7. The second-order valence-electron chi connectivity index (χ2n) is 5.98. The zero-order valence-corrected chi connectivity index (χ0v) is 15.5. The second kappa shape index (κ2) is 9.45. The van der Waals surface area contributed by atoms with E-state index in [4.69, 9.17) is 4.74 Å². The van der Waals surface area contributed by atoms with E-state index in [2.05, 4.69) is 20.6 Å². The van der Waals surface area contributed by atoms with Crippen molar-refractivity contribution in [1.82, 2.24) is 9.97 Å². The molecule has 0 radical (unpaired) electrons. The van der Waals surface area contributed by atoms with Crippen molar-refractivity contribution in [3.8, 4) is 0 Å². The van der Waals surface area contributed by atoms with Crippen molar-refractivity contribution in [3.05, 3.63) is 77.9 Å². The first kappa shape index (κ1) is 19.3. The second-order valence-corrected chi connectivity index (χ2v) is 5.98. The van der Waals surface area contributed by atoms with Crippen molar-refractivity contribution in [2.45, 2.75) is 13.3 Å². The molecule has 0 amide bonds. The van der Waals surface area contributed by atoms with Gasteiger partial charge in [-0.2, -0.15) is 0 Å². The largest absolute Gasteiger partial charge is 0.462 e. The number of hydrogen-bond acceptors (Lipinski definition) is 6. The first-order valence-corrected chi connectivity index (χ1v) is 8.99. The first-order valence-electron chi connectivity index (χ1n) is 8.99. The predicted molar refractivity (Wildman–Crippen MR) is 106 cm³/mol. The third-order valence-electron chi connectivity index (χ3n) is 3.99. The molecule has 0 unspecified atom stereocenters. The van der Waals surface area contributed by atoms with Crippen molar-refractivity contribution < 1.29 is 13.9 Å².